The van der Waals surface area contributed by atoms with Crippen LogP contribution >= 0.6 is 0 Å². The predicted octanol–water partition coefficient (Wildman–Crippen LogP) is 2.68. The zero-order chi connectivity index (χ0) is 15.9. The van der Waals surface area contributed by atoms with E-state index in [1.165, 1.54) is 4.57 Å². The average molecular weight is 301 g/mol. The van der Waals surface area contributed by atoms with Gasteiger partial charge in [-0.1, -0.05) is 25.1 Å². The Bertz CT molecular complexity index is 789. The van der Waals surface area contributed by atoms with Crippen molar-refractivity contribution in [3.05, 3.63) is 44.7 Å². The highest BCUT2D eigenvalue weighted by molar-refractivity contribution is 5.96. The summed E-state index contributed by atoms with van der Waals surface area (Å²) in [6.07, 6.45) is 1.97. The highest BCUT2D eigenvalue weighted by atomic mass is 16.6. The third-order valence-electron chi connectivity index (χ3n) is 4.53. The van der Waals surface area contributed by atoms with Crippen LogP contribution in [-0.2, 0) is 7.05 Å². The topological polar surface area (TPSA) is 68.4 Å². The minimum Gasteiger partial charge on any atom is -0.365 e. The van der Waals surface area contributed by atoms with Crippen LogP contribution in [0.4, 0.5) is 11.4 Å². The summed E-state index contributed by atoms with van der Waals surface area (Å²) in [5.41, 5.74) is 0.357. The van der Waals surface area contributed by atoms with E-state index < -0.39 is 10.5 Å². The number of para-hydroxylation sites is 1. The molecule has 0 saturated carbocycles. The van der Waals surface area contributed by atoms with Crippen LogP contribution in [0.25, 0.3) is 10.9 Å². The van der Waals surface area contributed by atoms with Crippen LogP contribution in [0.3, 0.4) is 0 Å². The minimum atomic E-state index is -0.544. The molecule has 22 heavy (non-hydrogen) atoms. The van der Waals surface area contributed by atoms with Crippen molar-refractivity contribution in [2.75, 3.05) is 18.0 Å². The number of aryl methyl sites for hydroxylation is 1. The van der Waals surface area contributed by atoms with Gasteiger partial charge in [-0.05, 0) is 24.8 Å². The molecule has 6 heteroatoms. The number of pyridine rings is 1. The molecule has 0 unspecified atom stereocenters. The summed E-state index contributed by atoms with van der Waals surface area (Å²) in [7, 11) is 1.58. The molecule has 2 heterocycles. The molecule has 6 nitrogen and oxygen atoms in total. The third kappa shape index (κ3) is 2.24. The molecule has 116 valence electrons. The number of anilines is 1. The fourth-order valence-corrected chi connectivity index (χ4v) is 3.18. The predicted molar refractivity (Wildman–Crippen MR) is 86.5 cm³/mol. The number of hydrogen-bond acceptors (Lipinski definition) is 4. The van der Waals surface area contributed by atoms with Crippen molar-refractivity contribution in [3.63, 3.8) is 0 Å². The second kappa shape index (κ2) is 5.44. The number of hydrogen-bond donors (Lipinski definition) is 0. The van der Waals surface area contributed by atoms with Crippen molar-refractivity contribution in [2.24, 2.45) is 13.0 Å². The summed E-state index contributed by atoms with van der Waals surface area (Å²) in [4.78, 5) is 25.4. The maximum absolute atomic E-state index is 12.4. The molecule has 0 atom stereocenters. The van der Waals surface area contributed by atoms with E-state index in [9.17, 15) is 14.9 Å². The van der Waals surface area contributed by atoms with E-state index in [1.54, 1.807) is 7.05 Å². The molecular weight excluding hydrogens is 282 g/mol. The first-order valence-electron chi connectivity index (χ1n) is 7.51. The lowest BCUT2D eigenvalue weighted by Gasteiger charge is -2.32. The first-order valence-corrected chi connectivity index (χ1v) is 7.51. The van der Waals surface area contributed by atoms with Crippen LogP contribution in [-0.4, -0.2) is 22.6 Å². The Morgan fingerprint density at radius 1 is 1.23 bits per heavy atom. The fourth-order valence-electron chi connectivity index (χ4n) is 3.18. The molecule has 1 aliphatic heterocycles. The van der Waals surface area contributed by atoms with Crippen molar-refractivity contribution in [1.82, 2.24) is 4.57 Å². The Morgan fingerprint density at radius 3 is 2.50 bits per heavy atom. The van der Waals surface area contributed by atoms with Gasteiger partial charge in [0.2, 0.25) is 0 Å². The van der Waals surface area contributed by atoms with Gasteiger partial charge in [0.05, 0.1) is 10.4 Å². The molecule has 0 N–H and O–H groups in total. The van der Waals surface area contributed by atoms with E-state index in [4.69, 9.17) is 0 Å². The SMILES string of the molecule is CC1CCN(c2c([N+](=O)[O-])c(=O)n(C)c3ccccc23)CC1. The van der Waals surface area contributed by atoms with Crippen LogP contribution in [0.2, 0.25) is 0 Å². The molecule has 2 aromatic rings. The van der Waals surface area contributed by atoms with Gasteiger partial charge in [-0.3, -0.25) is 14.9 Å². The van der Waals surface area contributed by atoms with E-state index >= 15 is 0 Å². The summed E-state index contributed by atoms with van der Waals surface area (Å²) in [6, 6.07) is 7.38. The number of benzene rings is 1. The first-order chi connectivity index (χ1) is 10.5. The average Bonchev–Trinajstić information content (AvgIpc) is 2.51. The molecule has 1 aromatic heterocycles. The number of rotatable bonds is 2. The van der Waals surface area contributed by atoms with E-state index in [0.29, 0.717) is 11.6 Å². The van der Waals surface area contributed by atoms with Crippen molar-refractivity contribution in [3.8, 4) is 0 Å². The molecule has 1 aliphatic rings. The minimum absolute atomic E-state index is 0.309. The molecule has 0 spiro atoms. The lowest BCUT2D eigenvalue weighted by molar-refractivity contribution is -0.385. The normalized spacial score (nSPS) is 16.2. The van der Waals surface area contributed by atoms with E-state index in [-0.39, 0.29) is 5.69 Å². The van der Waals surface area contributed by atoms with Gasteiger partial charge in [0, 0.05) is 25.5 Å². The number of piperidine rings is 1. The highest BCUT2D eigenvalue weighted by Crippen LogP contribution is 2.35. The maximum atomic E-state index is 12.4. The van der Waals surface area contributed by atoms with Crippen molar-refractivity contribution in [1.29, 1.82) is 0 Å². The van der Waals surface area contributed by atoms with Gasteiger partial charge in [0.1, 0.15) is 5.69 Å². The number of aromatic nitrogens is 1. The van der Waals surface area contributed by atoms with Crippen LogP contribution in [0.5, 0.6) is 0 Å². The van der Waals surface area contributed by atoms with Crippen LogP contribution < -0.4 is 10.5 Å². The van der Waals surface area contributed by atoms with E-state index in [0.717, 1.165) is 36.8 Å². The zero-order valence-corrected chi connectivity index (χ0v) is 12.8. The Balaban J connectivity index is 2.31. The molecule has 0 bridgehead atoms. The quantitative estimate of drug-likeness (QED) is 0.631. The Morgan fingerprint density at radius 2 is 1.86 bits per heavy atom. The summed E-state index contributed by atoms with van der Waals surface area (Å²) < 4.78 is 1.36. The lowest BCUT2D eigenvalue weighted by atomic mass is 9.98. The van der Waals surface area contributed by atoms with Gasteiger partial charge in [-0.25, -0.2) is 0 Å². The van der Waals surface area contributed by atoms with Crippen LogP contribution in [0, 0.1) is 16.0 Å². The first kappa shape index (κ1) is 14.6. The van der Waals surface area contributed by atoms with Gasteiger partial charge in [-0.15, -0.1) is 0 Å². The molecular formula is C16H19N3O3. The van der Waals surface area contributed by atoms with Crippen molar-refractivity contribution in [2.45, 2.75) is 19.8 Å². The molecule has 1 aromatic carbocycles. The molecule has 0 aliphatic carbocycles. The van der Waals surface area contributed by atoms with Crippen LogP contribution in [0.1, 0.15) is 19.8 Å². The highest BCUT2D eigenvalue weighted by Gasteiger charge is 2.30. The standard InChI is InChI=1S/C16H19N3O3/c1-11-7-9-18(10-8-11)14-12-5-3-4-6-13(12)17(2)16(20)15(14)19(21)22/h3-6,11H,7-10H2,1-2H3. The second-order valence-electron chi connectivity index (χ2n) is 6.01. The Labute approximate surface area is 128 Å². The number of nitrogens with zero attached hydrogens (tertiary/aromatic N) is 3. The van der Waals surface area contributed by atoms with Gasteiger partial charge in [0.15, 0.2) is 0 Å². The van der Waals surface area contributed by atoms with Crippen molar-refractivity contribution < 1.29 is 4.92 Å². The Hall–Kier alpha value is -2.37. The molecule has 3 rings (SSSR count). The molecule has 0 amide bonds. The summed E-state index contributed by atoms with van der Waals surface area (Å²) in [6.45, 7) is 3.69. The third-order valence-corrected chi connectivity index (χ3v) is 4.53. The van der Waals surface area contributed by atoms with E-state index in [1.807, 2.05) is 29.2 Å². The van der Waals surface area contributed by atoms with E-state index in [2.05, 4.69) is 6.92 Å². The monoisotopic (exact) mass is 301 g/mol. The second-order valence-corrected chi connectivity index (χ2v) is 6.01. The van der Waals surface area contributed by atoms with Gasteiger partial charge < -0.3 is 9.47 Å². The largest absolute Gasteiger partial charge is 0.365 e. The molecule has 1 saturated heterocycles. The Kier molecular flexibility index (Phi) is 3.60. The molecule has 0 radical (unpaired) electrons. The number of fused-ring (bicyclic) bond motifs is 1. The zero-order valence-electron chi connectivity index (χ0n) is 12.8. The van der Waals surface area contributed by atoms with Gasteiger partial charge in [-0.2, -0.15) is 0 Å². The van der Waals surface area contributed by atoms with Crippen molar-refractivity contribution >= 4 is 22.3 Å². The smallest absolute Gasteiger partial charge is 0.357 e. The summed E-state index contributed by atoms with van der Waals surface area (Å²) in [5.74, 6) is 0.619. The maximum Gasteiger partial charge on any atom is 0.357 e. The van der Waals surface area contributed by atoms with Gasteiger partial charge >= 0.3 is 11.2 Å². The lowest BCUT2D eigenvalue weighted by Crippen LogP contribution is -2.35. The number of nitro groups is 1. The fraction of sp³-hybridized carbons (Fsp3) is 0.438. The van der Waals surface area contributed by atoms with Gasteiger partial charge in [0.25, 0.3) is 0 Å². The molecule has 1 fully saturated rings. The summed E-state index contributed by atoms with van der Waals surface area (Å²) >= 11 is 0. The summed E-state index contributed by atoms with van der Waals surface area (Å²) in [5, 5.41) is 12.3. The van der Waals surface area contributed by atoms with Crippen LogP contribution in [0.15, 0.2) is 29.1 Å².